The van der Waals surface area contributed by atoms with Crippen molar-refractivity contribution in [1.82, 2.24) is 0 Å². The zero-order valence-corrected chi connectivity index (χ0v) is 7.26. The molecule has 2 N–H and O–H groups in total. The highest BCUT2D eigenvalue weighted by molar-refractivity contribution is 6.00. The van der Waals surface area contributed by atoms with Gasteiger partial charge in [-0.1, -0.05) is 13.8 Å². The average Bonchev–Trinajstić information content (AvgIpc) is 1.84. The summed E-state index contributed by atoms with van der Waals surface area (Å²) in [5, 5.41) is 0. The van der Waals surface area contributed by atoms with Crippen LogP contribution in [0.25, 0.3) is 0 Å². The highest BCUT2D eigenvalue weighted by Crippen LogP contribution is 2.01. The molecule has 0 aliphatic heterocycles. The van der Waals surface area contributed by atoms with E-state index < -0.39 is 6.04 Å². The van der Waals surface area contributed by atoms with E-state index >= 15 is 0 Å². The van der Waals surface area contributed by atoms with E-state index in [9.17, 15) is 9.59 Å². The Kier molecular flexibility index (Phi) is 3.97. The first-order valence-electron chi connectivity index (χ1n) is 3.73. The van der Waals surface area contributed by atoms with Crippen LogP contribution in [-0.2, 0) is 9.59 Å². The van der Waals surface area contributed by atoms with Gasteiger partial charge in [0.2, 0.25) is 0 Å². The fourth-order valence-electron chi connectivity index (χ4n) is 0.735. The van der Waals surface area contributed by atoms with Crippen LogP contribution in [0.4, 0.5) is 0 Å². The number of rotatable bonds is 4. The minimum Gasteiger partial charge on any atom is -0.321 e. The average molecular weight is 157 g/mol. The van der Waals surface area contributed by atoms with Crippen LogP contribution in [-0.4, -0.2) is 17.6 Å². The molecule has 0 radical (unpaired) electrons. The monoisotopic (exact) mass is 157 g/mol. The Morgan fingerprint density at radius 2 is 1.82 bits per heavy atom. The van der Waals surface area contributed by atoms with Gasteiger partial charge in [-0.15, -0.1) is 0 Å². The van der Waals surface area contributed by atoms with Gasteiger partial charge in [0.05, 0.1) is 12.5 Å². The lowest BCUT2D eigenvalue weighted by Gasteiger charge is -2.12. The molecule has 0 spiro atoms. The Bertz CT molecular complexity index is 163. The van der Waals surface area contributed by atoms with Crippen LogP contribution in [0.5, 0.6) is 0 Å². The molecule has 0 fully saturated rings. The van der Waals surface area contributed by atoms with E-state index in [1.54, 1.807) is 0 Å². The summed E-state index contributed by atoms with van der Waals surface area (Å²) in [5.74, 6) is -0.166. The van der Waals surface area contributed by atoms with Gasteiger partial charge >= 0.3 is 0 Å². The lowest BCUT2D eigenvalue weighted by molar-refractivity contribution is -0.127. The van der Waals surface area contributed by atoms with Crippen LogP contribution in [0.1, 0.15) is 27.2 Å². The van der Waals surface area contributed by atoms with Crippen LogP contribution in [0, 0.1) is 5.92 Å². The molecule has 0 aliphatic carbocycles. The smallest absolute Gasteiger partial charge is 0.157 e. The van der Waals surface area contributed by atoms with E-state index in [2.05, 4.69) is 0 Å². The first-order valence-corrected chi connectivity index (χ1v) is 3.73. The summed E-state index contributed by atoms with van der Waals surface area (Å²) in [7, 11) is 0. The van der Waals surface area contributed by atoms with Gasteiger partial charge in [-0.05, 0) is 12.8 Å². The highest BCUT2D eigenvalue weighted by atomic mass is 16.1. The van der Waals surface area contributed by atoms with E-state index in [4.69, 9.17) is 5.73 Å². The van der Waals surface area contributed by atoms with E-state index in [1.807, 2.05) is 13.8 Å². The third-order valence-electron chi connectivity index (χ3n) is 1.51. The Labute approximate surface area is 67.0 Å². The zero-order chi connectivity index (χ0) is 9.02. The summed E-state index contributed by atoms with van der Waals surface area (Å²) in [4.78, 5) is 21.6. The third kappa shape index (κ3) is 3.88. The normalized spacial score (nSPS) is 13.2. The Balaban J connectivity index is 3.93. The van der Waals surface area contributed by atoms with Crippen molar-refractivity contribution in [2.45, 2.75) is 33.2 Å². The molecule has 1 unspecified atom stereocenters. The van der Waals surface area contributed by atoms with Crippen molar-refractivity contribution < 1.29 is 9.59 Å². The van der Waals surface area contributed by atoms with Gasteiger partial charge < -0.3 is 5.73 Å². The number of Topliss-reactive ketones (excluding diaryl/α,β-unsaturated/α-hetero) is 2. The third-order valence-corrected chi connectivity index (χ3v) is 1.51. The predicted octanol–water partition coefficient (Wildman–Crippen LogP) is 0.518. The number of carbonyl (C=O) groups excluding carboxylic acids is 2. The predicted molar refractivity (Wildman–Crippen MR) is 43.1 cm³/mol. The first kappa shape index (κ1) is 10.3. The molecule has 3 nitrogen and oxygen atoms in total. The van der Waals surface area contributed by atoms with E-state index in [0.717, 1.165) is 0 Å². The lowest BCUT2D eigenvalue weighted by atomic mass is 9.98. The van der Waals surface area contributed by atoms with Gasteiger partial charge in [0, 0.05) is 0 Å². The van der Waals surface area contributed by atoms with Crippen molar-refractivity contribution in [1.29, 1.82) is 0 Å². The SMILES string of the molecule is CC(=O)CC(=O)C(N)C(C)C. The molecule has 0 aliphatic rings. The molecule has 0 aromatic rings. The molecule has 0 amide bonds. The van der Waals surface area contributed by atoms with Crippen molar-refractivity contribution in [2.24, 2.45) is 11.7 Å². The molecule has 0 saturated carbocycles. The van der Waals surface area contributed by atoms with Gasteiger partial charge in [0.15, 0.2) is 5.78 Å². The fraction of sp³-hybridized carbons (Fsp3) is 0.750. The highest BCUT2D eigenvalue weighted by Gasteiger charge is 2.17. The van der Waals surface area contributed by atoms with Crippen molar-refractivity contribution >= 4 is 11.6 Å². The summed E-state index contributed by atoms with van der Waals surface area (Å²) >= 11 is 0. The molecule has 0 bridgehead atoms. The van der Waals surface area contributed by atoms with Crippen molar-refractivity contribution in [3.05, 3.63) is 0 Å². The maximum Gasteiger partial charge on any atom is 0.157 e. The molecule has 0 aromatic carbocycles. The van der Waals surface area contributed by atoms with Gasteiger partial charge in [0.1, 0.15) is 5.78 Å². The molecule has 3 heteroatoms. The second kappa shape index (κ2) is 4.23. The summed E-state index contributed by atoms with van der Waals surface area (Å²) in [5.41, 5.74) is 5.51. The van der Waals surface area contributed by atoms with E-state index in [1.165, 1.54) is 6.92 Å². The van der Waals surface area contributed by atoms with Crippen LogP contribution >= 0.6 is 0 Å². The van der Waals surface area contributed by atoms with Gasteiger partial charge in [-0.2, -0.15) is 0 Å². The van der Waals surface area contributed by atoms with Crippen LogP contribution in [0.2, 0.25) is 0 Å². The molecule has 0 saturated heterocycles. The topological polar surface area (TPSA) is 60.2 Å². The fourth-order valence-corrected chi connectivity index (χ4v) is 0.735. The van der Waals surface area contributed by atoms with Crippen LogP contribution < -0.4 is 5.73 Å². The van der Waals surface area contributed by atoms with E-state index in [-0.39, 0.29) is 23.9 Å². The Hall–Kier alpha value is -0.700. The second-order valence-corrected chi connectivity index (χ2v) is 3.11. The minimum absolute atomic E-state index is 0.0284. The molecule has 0 heterocycles. The Morgan fingerprint density at radius 3 is 2.09 bits per heavy atom. The summed E-state index contributed by atoms with van der Waals surface area (Å²) < 4.78 is 0. The quantitative estimate of drug-likeness (QED) is 0.605. The summed E-state index contributed by atoms with van der Waals surface area (Å²) in [6, 6.07) is -0.487. The molecular formula is C8H15NO2. The summed E-state index contributed by atoms with van der Waals surface area (Å²) in [6.45, 7) is 5.12. The molecule has 11 heavy (non-hydrogen) atoms. The second-order valence-electron chi connectivity index (χ2n) is 3.11. The number of ketones is 2. The van der Waals surface area contributed by atoms with Crippen LogP contribution in [0.3, 0.4) is 0 Å². The van der Waals surface area contributed by atoms with Gasteiger partial charge in [0.25, 0.3) is 0 Å². The molecule has 64 valence electrons. The number of hydrogen-bond acceptors (Lipinski definition) is 3. The number of carbonyl (C=O) groups is 2. The first-order chi connectivity index (χ1) is 4.95. The van der Waals surface area contributed by atoms with Crippen LogP contribution in [0.15, 0.2) is 0 Å². The Morgan fingerprint density at radius 1 is 1.36 bits per heavy atom. The van der Waals surface area contributed by atoms with Gasteiger partial charge in [-0.3, -0.25) is 9.59 Å². The molecule has 0 aromatic heterocycles. The maximum atomic E-state index is 11.0. The lowest BCUT2D eigenvalue weighted by Crippen LogP contribution is -2.36. The largest absolute Gasteiger partial charge is 0.321 e. The van der Waals surface area contributed by atoms with Gasteiger partial charge in [-0.25, -0.2) is 0 Å². The number of nitrogens with two attached hydrogens (primary N) is 1. The van der Waals surface area contributed by atoms with E-state index in [0.29, 0.717) is 0 Å². The molecular weight excluding hydrogens is 142 g/mol. The standard InChI is InChI=1S/C8H15NO2/c1-5(2)8(9)7(11)4-6(3)10/h5,8H,4,9H2,1-3H3. The zero-order valence-electron chi connectivity index (χ0n) is 7.26. The maximum absolute atomic E-state index is 11.0. The molecule has 1 atom stereocenters. The number of hydrogen-bond donors (Lipinski definition) is 1. The van der Waals surface area contributed by atoms with Crippen molar-refractivity contribution in [2.75, 3.05) is 0 Å². The molecule has 0 rings (SSSR count). The summed E-state index contributed by atoms with van der Waals surface area (Å²) in [6.07, 6.45) is -0.0284. The minimum atomic E-state index is -0.487. The van der Waals surface area contributed by atoms with Crippen molar-refractivity contribution in [3.63, 3.8) is 0 Å². The van der Waals surface area contributed by atoms with Crippen molar-refractivity contribution in [3.8, 4) is 0 Å².